The Bertz CT molecular complexity index is 414. The summed E-state index contributed by atoms with van der Waals surface area (Å²) >= 11 is 0. The molecule has 0 spiro atoms. The summed E-state index contributed by atoms with van der Waals surface area (Å²) in [5.74, 6) is -1.19. The van der Waals surface area contributed by atoms with E-state index >= 15 is 0 Å². The van der Waals surface area contributed by atoms with Gasteiger partial charge in [0.05, 0.1) is 5.56 Å². The zero-order valence-corrected chi connectivity index (χ0v) is 9.68. The highest BCUT2D eigenvalue weighted by Gasteiger charge is 2.21. The molecule has 0 aliphatic heterocycles. The predicted octanol–water partition coefficient (Wildman–Crippen LogP) is 0.702. The molecule has 0 radical (unpaired) electrons. The number of pyridine rings is 1. The van der Waals surface area contributed by atoms with E-state index in [1.54, 1.807) is 13.8 Å². The average Bonchev–Trinajstić information content (AvgIpc) is 2.25. The molecule has 92 valence electrons. The van der Waals surface area contributed by atoms with Gasteiger partial charge in [0.25, 0.3) is 0 Å². The Balaban J connectivity index is 2.80. The number of carbonyl (C=O) groups excluding carboxylic acids is 1. The van der Waals surface area contributed by atoms with Crippen LogP contribution in [-0.2, 0) is 4.79 Å². The number of carboxylic acids is 1. The summed E-state index contributed by atoms with van der Waals surface area (Å²) in [6, 6.07) is 2.30. The highest BCUT2D eigenvalue weighted by Crippen LogP contribution is 2.11. The van der Waals surface area contributed by atoms with Crippen molar-refractivity contribution in [3.8, 4) is 0 Å². The van der Waals surface area contributed by atoms with E-state index in [9.17, 15) is 9.59 Å². The van der Waals surface area contributed by atoms with Gasteiger partial charge in [0.2, 0.25) is 5.91 Å². The maximum atomic E-state index is 11.0. The van der Waals surface area contributed by atoms with E-state index in [1.807, 2.05) is 0 Å². The summed E-state index contributed by atoms with van der Waals surface area (Å²) in [7, 11) is 0. The van der Waals surface area contributed by atoms with Crippen molar-refractivity contribution in [2.24, 2.45) is 11.7 Å². The second-order valence-corrected chi connectivity index (χ2v) is 4.00. The number of nitrogens with zero attached hydrogens (tertiary/aromatic N) is 1. The molecule has 1 aromatic heterocycles. The van der Waals surface area contributed by atoms with Crippen molar-refractivity contribution in [3.05, 3.63) is 23.9 Å². The van der Waals surface area contributed by atoms with Gasteiger partial charge in [0.1, 0.15) is 11.9 Å². The van der Waals surface area contributed by atoms with Crippen molar-refractivity contribution < 1.29 is 14.7 Å². The molecule has 0 aliphatic rings. The van der Waals surface area contributed by atoms with E-state index < -0.39 is 17.9 Å². The maximum Gasteiger partial charge on any atom is 0.326 e. The molecule has 0 saturated carbocycles. The van der Waals surface area contributed by atoms with Crippen LogP contribution in [0, 0.1) is 5.92 Å². The first-order valence-corrected chi connectivity index (χ1v) is 5.17. The van der Waals surface area contributed by atoms with Gasteiger partial charge >= 0.3 is 5.97 Å². The van der Waals surface area contributed by atoms with E-state index in [2.05, 4.69) is 10.3 Å². The van der Waals surface area contributed by atoms with Crippen LogP contribution in [0.15, 0.2) is 18.3 Å². The lowest BCUT2D eigenvalue weighted by atomic mass is 10.1. The Kier molecular flexibility index (Phi) is 4.03. The van der Waals surface area contributed by atoms with Crippen molar-refractivity contribution >= 4 is 17.7 Å². The molecule has 1 amide bonds. The number of rotatable bonds is 5. The van der Waals surface area contributed by atoms with Gasteiger partial charge in [-0.25, -0.2) is 9.78 Å². The molecular weight excluding hydrogens is 222 g/mol. The number of carbonyl (C=O) groups is 2. The number of hydrogen-bond acceptors (Lipinski definition) is 4. The summed E-state index contributed by atoms with van der Waals surface area (Å²) in [5, 5.41) is 11.8. The SMILES string of the molecule is CC(C)C(Nc1ccc(C(N)=O)cn1)C(=O)O. The number of nitrogens with one attached hydrogen (secondary N) is 1. The number of amides is 1. The topological polar surface area (TPSA) is 105 Å². The van der Waals surface area contributed by atoms with E-state index in [1.165, 1.54) is 18.3 Å². The molecule has 0 aromatic carbocycles. The van der Waals surface area contributed by atoms with Gasteiger partial charge < -0.3 is 16.2 Å². The molecule has 1 unspecified atom stereocenters. The predicted molar refractivity (Wildman–Crippen MR) is 62.6 cm³/mol. The van der Waals surface area contributed by atoms with Gasteiger partial charge in [0, 0.05) is 6.20 Å². The van der Waals surface area contributed by atoms with Crippen LogP contribution in [0.25, 0.3) is 0 Å². The third-order valence-corrected chi connectivity index (χ3v) is 2.28. The zero-order chi connectivity index (χ0) is 13.0. The van der Waals surface area contributed by atoms with E-state index in [0.717, 1.165) is 0 Å². The van der Waals surface area contributed by atoms with Crippen LogP contribution in [0.1, 0.15) is 24.2 Å². The van der Waals surface area contributed by atoms with Crippen molar-refractivity contribution in [1.82, 2.24) is 4.98 Å². The largest absolute Gasteiger partial charge is 0.480 e. The molecule has 0 aliphatic carbocycles. The van der Waals surface area contributed by atoms with Gasteiger partial charge in [-0.1, -0.05) is 13.8 Å². The van der Waals surface area contributed by atoms with Gasteiger partial charge in [-0.15, -0.1) is 0 Å². The van der Waals surface area contributed by atoms with Gasteiger partial charge in [-0.3, -0.25) is 4.79 Å². The normalized spacial score (nSPS) is 12.2. The lowest BCUT2D eigenvalue weighted by molar-refractivity contribution is -0.138. The Hall–Kier alpha value is -2.11. The fourth-order valence-electron chi connectivity index (χ4n) is 1.30. The van der Waals surface area contributed by atoms with Crippen LogP contribution >= 0.6 is 0 Å². The number of aliphatic carboxylic acids is 1. The monoisotopic (exact) mass is 237 g/mol. The lowest BCUT2D eigenvalue weighted by Gasteiger charge is -2.18. The molecule has 6 nitrogen and oxygen atoms in total. The molecule has 0 fully saturated rings. The van der Waals surface area contributed by atoms with Crippen molar-refractivity contribution in [2.75, 3.05) is 5.32 Å². The minimum absolute atomic E-state index is 0.0786. The summed E-state index contributed by atoms with van der Waals surface area (Å²) in [6.45, 7) is 3.59. The maximum absolute atomic E-state index is 11.0. The van der Waals surface area contributed by atoms with Crippen LogP contribution in [0.3, 0.4) is 0 Å². The summed E-state index contributed by atoms with van der Waals surface area (Å²) in [4.78, 5) is 25.7. The summed E-state index contributed by atoms with van der Waals surface area (Å²) < 4.78 is 0. The van der Waals surface area contributed by atoms with Crippen LogP contribution in [0.2, 0.25) is 0 Å². The number of aromatic nitrogens is 1. The lowest BCUT2D eigenvalue weighted by Crippen LogP contribution is -2.34. The van der Waals surface area contributed by atoms with Crippen molar-refractivity contribution in [3.63, 3.8) is 0 Å². The van der Waals surface area contributed by atoms with E-state index in [4.69, 9.17) is 10.8 Å². The van der Waals surface area contributed by atoms with Gasteiger partial charge in [-0.05, 0) is 18.1 Å². The van der Waals surface area contributed by atoms with Crippen LogP contribution in [0.5, 0.6) is 0 Å². The molecule has 1 aromatic rings. The van der Waals surface area contributed by atoms with E-state index in [-0.39, 0.29) is 11.5 Å². The molecular formula is C11H15N3O3. The summed E-state index contributed by atoms with van der Waals surface area (Å²) in [5.41, 5.74) is 5.35. The number of carboxylic acid groups (broad SMARTS) is 1. The molecule has 1 heterocycles. The zero-order valence-electron chi connectivity index (χ0n) is 9.68. The molecule has 4 N–H and O–H groups in total. The van der Waals surface area contributed by atoms with Crippen LogP contribution in [-0.4, -0.2) is 28.0 Å². The highest BCUT2D eigenvalue weighted by atomic mass is 16.4. The Labute approximate surface area is 98.8 Å². The average molecular weight is 237 g/mol. The minimum Gasteiger partial charge on any atom is -0.480 e. The summed E-state index contributed by atoms with van der Waals surface area (Å²) in [6.07, 6.45) is 1.31. The molecule has 1 rings (SSSR count). The Morgan fingerprint density at radius 3 is 2.41 bits per heavy atom. The Morgan fingerprint density at radius 1 is 1.41 bits per heavy atom. The molecule has 6 heteroatoms. The third-order valence-electron chi connectivity index (χ3n) is 2.28. The Morgan fingerprint density at radius 2 is 2.06 bits per heavy atom. The van der Waals surface area contributed by atoms with E-state index in [0.29, 0.717) is 5.82 Å². The second-order valence-electron chi connectivity index (χ2n) is 4.00. The second kappa shape index (κ2) is 5.29. The standard InChI is InChI=1S/C11H15N3O3/c1-6(2)9(11(16)17)14-8-4-3-7(5-13-8)10(12)15/h3-6,9H,1-2H3,(H2,12,15)(H,13,14)(H,16,17). The minimum atomic E-state index is -0.944. The molecule has 0 saturated heterocycles. The molecule has 0 bridgehead atoms. The first-order valence-electron chi connectivity index (χ1n) is 5.17. The highest BCUT2D eigenvalue weighted by molar-refractivity contribution is 5.92. The first kappa shape index (κ1) is 13.0. The molecule has 17 heavy (non-hydrogen) atoms. The quantitative estimate of drug-likeness (QED) is 0.699. The fourth-order valence-corrected chi connectivity index (χ4v) is 1.30. The third kappa shape index (κ3) is 3.44. The smallest absolute Gasteiger partial charge is 0.326 e. The number of hydrogen-bond donors (Lipinski definition) is 3. The number of nitrogens with two attached hydrogens (primary N) is 1. The van der Waals surface area contributed by atoms with Crippen molar-refractivity contribution in [2.45, 2.75) is 19.9 Å². The van der Waals surface area contributed by atoms with Gasteiger partial charge in [-0.2, -0.15) is 0 Å². The number of primary amides is 1. The first-order chi connectivity index (χ1) is 7.91. The fraction of sp³-hybridized carbons (Fsp3) is 0.364. The van der Waals surface area contributed by atoms with Gasteiger partial charge in [0.15, 0.2) is 0 Å². The molecule has 1 atom stereocenters. The van der Waals surface area contributed by atoms with Crippen LogP contribution < -0.4 is 11.1 Å². The van der Waals surface area contributed by atoms with Crippen LogP contribution in [0.4, 0.5) is 5.82 Å². The number of anilines is 1. The van der Waals surface area contributed by atoms with Crippen molar-refractivity contribution in [1.29, 1.82) is 0 Å².